The molecule has 98 valence electrons. The van der Waals surface area contributed by atoms with Crippen molar-refractivity contribution >= 4 is 17.6 Å². The number of rotatable bonds is 6. The molecule has 0 aliphatic carbocycles. The molecule has 1 amide bonds. The van der Waals surface area contributed by atoms with Gasteiger partial charge in [0.1, 0.15) is 5.69 Å². The first kappa shape index (κ1) is 13.7. The molecule has 1 aromatic heterocycles. The Bertz CT molecular complexity index is 468. The third kappa shape index (κ3) is 3.58. The highest BCUT2D eigenvalue weighted by Gasteiger charge is 2.18. The molecule has 0 aliphatic heterocycles. The number of nitrogens with one attached hydrogen (secondary N) is 2. The van der Waals surface area contributed by atoms with Gasteiger partial charge < -0.3 is 15.4 Å². The summed E-state index contributed by atoms with van der Waals surface area (Å²) in [4.78, 5) is 34.5. The fourth-order valence-corrected chi connectivity index (χ4v) is 1.39. The van der Waals surface area contributed by atoms with Gasteiger partial charge in [0.25, 0.3) is 11.6 Å². The lowest BCUT2D eigenvalue weighted by molar-refractivity contribution is -0.384. The number of hydrogen-bond acceptors (Lipinski definition) is 4. The Morgan fingerprint density at radius 1 is 1.61 bits per heavy atom. The van der Waals surface area contributed by atoms with E-state index >= 15 is 0 Å². The number of carboxylic acid groups (broad SMARTS) is 1. The van der Waals surface area contributed by atoms with E-state index < -0.39 is 22.8 Å². The van der Waals surface area contributed by atoms with Crippen LogP contribution in [0, 0.1) is 10.1 Å². The predicted molar refractivity (Wildman–Crippen MR) is 61.2 cm³/mol. The number of amides is 1. The number of aromatic amines is 1. The molecular weight excluding hydrogens is 242 g/mol. The lowest BCUT2D eigenvalue weighted by atomic mass is 10.1. The van der Waals surface area contributed by atoms with Crippen molar-refractivity contribution in [1.29, 1.82) is 0 Å². The second-order valence-corrected chi connectivity index (χ2v) is 3.71. The molecule has 0 aliphatic rings. The number of nitrogens with zero attached hydrogens (tertiary/aromatic N) is 1. The Morgan fingerprint density at radius 3 is 2.72 bits per heavy atom. The van der Waals surface area contributed by atoms with Crippen LogP contribution in [0.2, 0.25) is 0 Å². The number of aliphatic carboxylic acids is 1. The van der Waals surface area contributed by atoms with Crippen molar-refractivity contribution in [2.24, 2.45) is 0 Å². The first-order valence-electron chi connectivity index (χ1n) is 5.29. The van der Waals surface area contributed by atoms with Gasteiger partial charge in [0.05, 0.1) is 17.5 Å². The highest BCUT2D eigenvalue weighted by molar-refractivity contribution is 5.93. The van der Waals surface area contributed by atoms with Gasteiger partial charge in [-0.3, -0.25) is 19.7 Å². The monoisotopic (exact) mass is 255 g/mol. The van der Waals surface area contributed by atoms with Gasteiger partial charge in [-0.25, -0.2) is 0 Å². The molecule has 0 radical (unpaired) electrons. The summed E-state index contributed by atoms with van der Waals surface area (Å²) in [6.07, 6.45) is 1.37. The maximum atomic E-state index is 11.7. The van der Waals surface area contributed by atoms with Crippen LogP contribution in [-0.4, -0.2) is 32.9 Å². The normalized spacial score (nSPS) is 11.8. The third-order valence-electron chi connectivity index (χ3n) is 2.37. The molecule has 18 heavy (non-hydrogen) atoms. The minimum absolute atomic E-state index is 0.0329. The Morgan fingerprint density at radius 2 is 2.28 bits per heavy atom. The summed E-state index contributed by atoms with van der Waals surface area (Å²) in [5, 5.41) is 21.6. The first-order valence-corrected chi connectivity index (χ1v) is 5.29. The topological polar surface area (TPSA) is 125 Å². The quantitative estimate of drug-likeness (QED) is 0.514. The van der Waals surface area contributed by atoms with Crippen molar-refractivity contribution in [3.8, 4) is 0 Å². The maximum Gasteiger partial charge on any atom is 0.305 e. The van der Waals surface area contributed by atoms with E-state index in [9.17, 15) is 19.7 Å². The van der Waals surface area contributed by atoms with Crippen LogP contribution in [0.4, 0.5) is 5.69 Å². The summed E-state index contributed by atoms with van der Waals surface area (Å²) < 4.78 is 0. The van der Waals surface area contributed by atoms with Gasteiger partial charge in [-0.15, -0.1) is 0 Å². The summed E-state index contributed by atoms with van der Waals surface area (Å²) in [7, 11) is 0. The van der Waals surface area contributed by atoms with E-state index in [0.29, 0.717) is 6.42 Å². The van der Waals surface area contributed by atoms with Crippen LogP contribution in [0.25, 0.3) is 0 Å². The van der Waals surface area contributed by atoms with E-state index in [-0.39, 0.29) is 17.8 Å². The van der Waals surface area contributed by atoms with Crippen LogP contribution >= 0.6 is 0 Å². The molecule has 0 fully saturated rings. The van der Waals surface area contributed by atoms with Crippen LogP contribution in [0.3, 0.4) is 0 Å². The Hall–Kier alpha value is -2.38. The number of aromatic nitrogens is 1. The van der Waals surface area contributed by atoms with Gasteiger partial charge in [-0.05, 0) is 6.42 Å². The highest BCUT2D eigenvalue weighted by atomic mass is 16.6. The van der Waals surface area contributed by atoms with Crippen molar-refractivity contribution in [1.82, 2.24) is 10.3 Å². The second kappa shape index (κ2) is 5.80. The fraction of sp³-hybridized carbons (Fsp3) is 0.400. The molecule has 1 rings (SSSR count). The van der Waals surface area contributed by atoms with Gasteiger partial charge >= 0.3 is 5.97 Å². The average Bonchev–Trinajstić information content (AvgIpc) is 2.76. The molecule has 0 bridgehead atoms. The zero-order valence-electron chi connectivity index (χ0n) is 9.67. The number of nitro groups is 1. The molecular formula is C10H13N3O5. The van der Waals surface area contributed by atoms with Gasteiger partial charge in [0.15, 0.2) is 0 Å². The van der Waals surface area contributed by atoms with Crippen LogP contribution < -0.4 is 5.32 Å². The second-order valence-electron chi connectivity index (χ2n) is 3.71. The molecule has 0 aromatic carbocycles. The standard InChI is InChI=1S/C10H13N3O5/c1-2-6(3-9(14)15)12-10(16)8-4-7(5-11-8)13(17)18/h4-6,11H,2-3H2,1H3,(H,12,16)(H,14,15). The average molecular weight is 255 g/mol. The minimum atomic E-state index is -1.01. The van der Waals surface area contributed by atoms with Crippen molar-refractivity contribution in [2.75, 3.05) is 0 Å². The van der Waals surface area contributed by atoms with Crippen LogP contribution in [0.15, 0.2) is 12.3 Å². The molecule has 0 saturated heterocycles. The predicted octanol–water partition coefficient (Wildman–Crippen LogP) is 0.906. The zero-order valence-corrected chi connectivity index (χ0v) is 9.67. The maximum absolute atomic E-state index is 11.7. The van der Waals surface area contributed by atoms with Crippen LogP contribution in [-0.2, 0) is 4.79 Å². The van der Waals surface area contributed by atoms with Gasteiger partial charge in [0, 0.05) is 12.1 Å². The first-order chi connectivity index (χ1) is 8.43. The molecule has 1 heterocycles. The van der Waals surface area contributed by atoms with E-state index in [2.05, 4.69) is 10.3 Å². The molecule has 8 heteroatoms. The third-order valence-corrected chi connectivity index (χ3v) is 2.37. The smallest absolute Gasteiger partial charge is 0.305 e. The molecule has 3 N–H and O–H groups in total. The molecule has 8 nitrogen and oxygen atoms in total. The van der Waals surface area contributed by atoms with Crippen LogP contribution in [0.5, 0.6) is 0 Å². The van der Waals surface area contributed by atoms with Gasteiger partial charge in [-0.2, -0.15) is 0 Å². The lowest BCUT2D eigenvalue weighted by Gasteiger charge is -2.13. The number of carboxylic acids is 1. The van der Waals surface area contributed by atoms with Crippen molar-refractivity contribution in [2.45, 2.75) is 25.8 Å². The minimum Gasteiger partial charge on any atom is -0.481 e. The summed E-state index contributed by atoms with van der Waals surface area (Å²) in [6.45, 7) is 1.74. The van der Waals surface area contributed by atoms with Crippen LogP contribution in [0.1, 0.15) is 30.3 Å². The van der Waals surface area contributed by atoms with E-state index in [4.69, 9.17) is 5.11 Å². The summed E-state index contributed by atoms with van der Waals surface area (Å²) in [5.74, 6) is -1.57. The molecule has 0 spiro atoms. The van der Waals surface area contributed by atoms with Crippen molar-refractivity contribution < 1.29 is 19.6 Å². The number of H-pyrrole nitrogens is 1. The summed E-state index contributed by atoms with van der Waals surface area (Å²) >= 11 is 0. The van der Waals surface area contributed by atoms with Crippen molar-refractivity contribution in [3.05, 3.63) is 28.1 Å². The van der Waals surface area contributed by atoms with E-state index in [1.54, 1.807) is 6.92 Å². The Kier molecular flexibility index (Phi) is 4.41. The largest absolute Gasteiger partial charge is 0.481 e. The molecule has 1 unspecified atom stereocenters. The van der Waals surface area contributed by atoms with E-state index in [1.807, 2.05) is 0 Å². The molecule has 1 atom stereocenters. The van der Waals surface area contributed by atoms with Gasteiger partial charge in [0.2, 0.25) is 0 Å². The SMILES string of the molecule is CCC(CC(=O)O)NC(=O)c1cc([N+](=O)[O-])c[nH]1. The van der Waals surface area contributed by atoms with Gasteiger partial charge in [-0.1, -0.05) is 6.92 Å². The number of hydrogen-bond donors (Lipinski definition) is 3. The zero-order chi connectivity index (χ0) is 13.7. The highest BCUT2D eigenvalue weighted by Crippen LogP contribution is 2.12. The number of carbonyl (C=O) groups is 2. The number of carbonyl (C=O) groups excluding carboxylic acids is 1. The summed E-state index contributed by atoms with van der Waals surface area (Å²) in [5.41, 5.74) is -0.183. The molecule has 1 aromatic rings. The lowest BCUT2D eigenvalue weighted by Crippen LogP contribution is -2.36. The van der Waals surface area contributed by atoms with E-state index in [1.165, 1.54) is 0 Å². The molecule has 0 saturated carbocycles. The van der Waals surface area contributed by atoms with Crippen molar-refractivity contribution in [3.63, 3.8) is 0 Å². The Labute approximate surface area is 102 Å². The summed E-state index contributed by atoms with van der Waals surface area (Å²) in [6, 6.07) is 0.598. The fourth-order valence-electron chi connectivity index (χ4n) is 1.39. The van der Waals surface area contributed by atoms with E-state index in [0.717, 1.165) is 12.3 Å². The Balaban J connectivity index is 2.68.